The Morgan fingerprint density at radius 3 is 2.65 bits per heavy atom. The number of nitrogens with zero attached hydrogens (tertiary/aromatic N) is 4. The number of benzene rings is 1. The molecule has 3 unspecified atom stereocenters. The fraction of sp³-hybridized carbons (Fsp3) is 0.679. The monoisotopic (exact) mass is 464 g/mol. The van der Waals surface area contributed by atoms with Crippen LogP contribution < -0.4 is 0 Å². The average molecular weight is 465 g/mol. The number of piperidine rings is 1. The lowest BCUT2D eigenvalue weighted by Crippen LogP contribution is -2.71. The third-order valence-corrected chi connectivity index (χ3v) is 9.49. The Labute approximate surface area is 203 Å². The van der Waals surface area contributed by atoms with Crippen LogP contribution in [0.3, 0.4) is 0 Å². The van der Waals surface area contributed by atoms with Gasteiger partial charge in [0.1, 0.15) is 5.75 Å². The molecule has 2 aromatic rings. The van der Waals surface area contributed by atoms with Gasteiger partial charge in [-0.25, -0.2) is 0 Å². The van der Waals surface area contributed by atoms with E-state index in [1.54, 1.807) is 0 Å². The number of aromatic hydroxyl groups is 1. The van der Waals surface area contributed by atoms with Gasteiger partial charge in [-0.15, -0.1) is 0 Å². The molecule has 2 saturated heterocycles. The second-order valence-electron chi connectivity index (χ2n) is 11.8. The van der Waals surface area contributed by atoms with Gasteiger partial charge in [0.15, 0.2) is 0 Å². The van der Waals surface area contributed by atoms with Gasteiger partial charge >= 0.3 is 0 Å². The fourth-order valence-corrected chi connectivity index (χ4v) is 7.18. The standard InChI is InChI=1S/C28H40N4O2/c1-20(2)23-17-29-32(19-23)14-13-30-10-7-27-8-12-31(18-21-3-4-21)26(28(27,34)9-11-30)15-22-5-6-24(33)16-25(22)27/h5-6,16-17,19-21,26,33-34H,3-4,7-15,18H2,1-2H3. The zero-order chi connectivity index (χ0) is 23.5. The molecule has 0 spiro atoms. The second-order valence-corrected chi connectivity index (χ2v) is 11.8. The number of hydrogen-bond donors (Lipinski definition) is 2. The first-order valence-corrected chi connectivity index (χ1v) is 13.4. The first kappa shape index (κ1) is 22.6. The highest BCUT2D eigenvalue weighted by Crippen LogP contribution is 2.56. The van der Waals surface area contributed by atoms with Crippen LogP contribution >= 0.6 is 0 Å². The summed E-state index contributed by atoms with van der Waals surface area (Å²) in [7, 11) is 0. The molecule has 4 aliphatic rings. The van der Waals surface area contributed by atoms with Crippen molar-refractivity contribution >= 4 is 0 Å². The number of likely N-dealkylation sites (tertiary alicyclic amines) is 2. The minimum absolute atomic E-state index is 0.179. The van der Waals surface area contributed by atoms with E-state index in [2.05, 4.69) is 45.7 Å². The van der Waals surface area contributed by atoms with Gasteiger partial charge in [-0.2, -0.15) is 5.10 Å². The molecule has 2 bridgehead atoms. The molecule has 3 atom stereocenters. The Bertz CT molecular complexity index is 1050. The predicted molar refractivity (Wildman–Crippen MR) is 133 cm³/mol. The van der Waals surface area contributed by atoms with Crippen molar-refractivity contribution in [3.8, 4) is 5.75 Å². The van der Waals surface area contributed by atoms with Crippen molar-refractivity contribution in [2.75, 3.05) is 32.7 Å². The van der Waals surface area contributed by atoms with E-state index in [4.69, 9.17) is 0 Å². The van der Waals surface area contributed by atoms with E-state index >= 15 is 0 Å². The summed E-state index contributed by atoms with van der Waals surface area (Å²) in [6.45, 7) is 10.3. The highest BCUT2D eigenvalue weighted by molar-refractivity contribution is 5.48. The van der Waals surface area contributed by atoms with E-state index in [1.807, 2.05) is 18.3 Å². The van der Waals surface area contributed by atoms with Gasteiger partial charge in [-0.1, -0.05) is 19.9 Å². The third-order valence-electron chi connectivity index (χ3n) is 9.49. The van der Waals surface area contributed by atoms with Gasteiger partial charge in [0.05, 0.1) is 18.3 Å². The molecule has 2 N–H and O–H groups in total. The topological polar surface area (TPSA) is 64.8 Å². The first-order valence-electron chi connectivity index (χ1n) is 13.4. The van der Waals surface area contributed by atoms with Gasteiger partial charge in [-0.3, -0.25) is 9.58 Å². The van der Waals surface area contributed by atoms with Crippen molar-refractivity contribution < 1.29 is 10.2 Å². The number of fused-ring (bicyclic) bond motifs is 1. The molecule has 0 amide bonds. The quantitative estimate of drug-likeness (QED) is 0.685. The molecule has 1 saturated carbocycles. The Morgan fingerprint density at radius 1 is 1.09 bits per heavy atom. The number of rotatable bonds is 6. The van der Waals surface area contributed by atoms with Crippen LogP contribution in [-0.4, -0.2) is 74.2 Å². The van der Waals surface area contributed by atoms with Crippen molar-refractivity contribution in [2.24, 2.45) is 5.92 Å². The number of aromatic nitrogens is 2. The van der Waals surface area contributed by atoms with Crippen LogP contribution in [0.2, 0.25) is 0 Å². The summed E-state index contributed by atoms with van der Waals surface area (Å²) >= 11 is 0. The van der Waals surface area contributed by atoms with Gasteiger partial charge in [0.2, 0.25) is 0 Å². The summed E-state index contributed by atoms with van der Waals surface area (Å²) < 4.78 is 2.07. The molecule has 1 aromatic heterocycles. The second kappa shape index (κ2) is 8.35. The summed E-state index contributed by atoms with van der Waals surface area (Å²) in [4.78, 5) is 5.16. The van der Waals surface area contributed by atoms with Gasteiger partial charge in [0, 0.05) is 37.3 Å². The van der Waals surface area contributed by atoms with Crippen LogP contribution in [0.1, 0.15) is 68.6 Å². The zero-order valence-corrected chi connectivity index (χ0v) is 20.8. The van der Waals surface area contributed by atoms with Crippen LogP contribution in [0.4, 0.5) is 0 Å². The molecular formula is C28H40N4O2. The van der Waals surface area contributed by atoms with Gasteiger partial charge in [-0.05, 0) is 92.3 Å². The molecule has 184 valence electrons. The van der Waals surface area contributed by atoms with E-state index in [-0.39, 0.29) is 11.5 Å². The number of phenols is 1. The van der Waals surface area contributed by atoms with Gasteiger partial charge in [0.25, 0.3) is 0 Å². The summed E-state index contributed by atoms with van der Waals surface area (Å²) in [5.41, 5.74) is 2.82. The molecule has 0 radical (unpaired) electrons. The largest absolute Gasteiger partial charge is 0.508 e. The molecule has 34 heavy (non-hydrogen) atoms. The Hall–Kier alpha value is -1.89. The predicted octanol–water partition coefficient (Wildman–Crippen LogP) is 3.52. The van der Waals surface area contributed by atoms with Crippen LogP contribution in [0.25, 0.3) is 0 Å². The first-order chi connectivity index (χ1) is 16.4. The zero-order valence-electron chi connectivity index (χ0n) is 20.8. The number of phenolic OH excluding ortho intramolecular Hbond substituents is 1. The Morgan fingerprint density at radius 2 is 1.88 bits per heavy atom. The third kappa shape index (κ3) is 3.69. The molecular weight excluding hydrogens is 424 g/mol. The average Bonchev–Trinajstić information content (AvgIpc) is 3.53. The lowest BCUT2D eigenvalue weighted by Gasteiger charge is -2.61. The number of hydrogen-bond acceptors (Lipinski definition) is 5. The summed E-state index contributed by atoms with van der Waals surface area (Å²) in [5.74, 6) is 1.65. The maximum Gasteiger partial charge on any atom is 0.115 e. The fourth-order valence-electron chi connectivity index (χ4n) is 7.18. The smallest absolute Gasteiger partial charge is 0.115 e. The van der Waals surface area contributed by atoms with Crippen LogP contribution in [0, 0.1) is 5.92 Å². The van der Waals surface area contributed by atoms with E-state index in [1.165, 1.54) is 29.5 Å². The van der Waals surface area contributed by atoms with E-state index < -0.39 is 5.60 Å². The van der Waals surface area contributed by atoms with Crippen molar-refractivity contribution in [1.29, 1.82) is 0 Å². The van der Waals surface area contributed by atoms with Crippen LogP contribution in [0.5, 0.6) is 5.75 Å². The molecule has 3 heterocycles. The van der Waals surface area contributed by atoms with Crippen molar-refractivity contribution in [3.63, 3.8) is 0 Å². The van der Waals surface area contributed by atoms with Crippen molar-refractivity contribution in [1.82, 2.24) is 19.6 Å². The lowest BCUT2D eigenvalue weighted by atomic mass is 9.52. The summed E-state index contributed by atoms with van der Waals surface area (Å²) in [6, 6.07) is 6.10. The molecule has 6 nitrogen and oxygen atoms in total. The van der Waals surface area contributed by atoms with Crippen LogP contribution in [0.15, 0.2) is 30.6 Å². The highest BCUT2D eigenvalue weighted by Gasteiger charge is 2.63. The van der Waals surface area contributed by atoms with Crippen molar-refractivity contribution in [3.05, 3.63) is 47.3 Å². The van der Waals surface area contributed by atoms with Gasteiger partial charge < -0.3 is 15.1 Å². The number of aliphatic hydroxyl groups is 1. The minimum atomic E-state index is -0.744. The maximum atomic E-state index is 12.6. The SMILES string of the molecule is CC(C)c1cnn(CCN2CCC34CCN(CC5CC5)C(Cc5ccc(O)cc53)C4(O)CC2)c1. The molecule has 6 rings (SSSR count). The summed E-state index contributed by atoms with van der Waals surface area (Å²) in [6.07, 6.45) is 10.5. The normalized spacial score (nSPS) is 31.8. The Kier molecular flexibility index (Phi) is 5.54. The minimum Gasteiger partial charge on any atom is -0.508 e. The molecule has 6 heteroatoms. The summed E-state index contributed by atoms with van der Waals surface area (Å²) in [5, 5.41) is 27.6. The lowest BCUT2D eigenvalue weighted by molar-refractivity contribution is -0.149. The molecule has 2 aliphatic carbocycles. The van der Waals surface area contributed by atoms with Crippen LogP contribution in [-0.2, 0) is 18.4 Å². The van der Waals surface area contributed by atoms with Crippen molar-refractivity contribution in [2.45, 2.75) is 81.9 Å². The highest BCUT2D eigenvalue weighted by atomic mass is 16.3. The molecule has 2 aliphatic heterocycles. The van der Waals surface area contributed by atoms with E-state index in [0.29, 0.717) is 11.7 Å². The molecule has 1 aromatic carbocycles. The Balaban J connectivity index is 1.27. The van der Waals surface area contributed by atoms with E-state index in [0.717, 1.165) is 70.9 Å². The molecule has 3 fully saturated rings. The maximum absolute atomic E-state index is 12.6. The van der Waals surface area contributed by atoms with E-state index in [9.17, 15) is 10.2 Å².